The van der Waals surface area contributed by atoms with E-state index in [-0.39, 0.29) is 0 Å². The second-order valence-corrected chi connectivity index (χ2v) is 5.74. The van der Waals surface area contributed by atoms with Gasteiger partial charge in [-0.1, -0.05) is 6.07 Å². The Bertz CT molecular complexity index is 506. The van der Waals surface area contributed by atoms with Gasteiger partial charge >= 0.3 is 0 Å². The van der Waals surface area contributed by atoms with Crippen molar-refractivity contribution in [2.75, 3.05) is 29.9 Å². The van der Waals surface area contributed by atoms with Gasteiger partial charge in [0.2, 0.25) is 0 Å². The van der Waals surface area contributed by atoms with Crippen LogP contribution in [0.25, 0.3) is 0 Å². The van der Waals surface area contributed by atoms with Crippen molar-refractivity contribution in [2.45, 2.75) is 19.3 Å². The Kier molecular flexibility index (Phi) is 3.93. The molecular formula is C14H18N4S. The van der Waals surface area contributed by atoms with E-state index in [0.29, 0.717) is 0 Å². The van der Waals surface area contributed by atoms with Crippen LogP contribution in [-0.2, 0) is 6.42 Å². The highest BCUT2D eigenvalue weighted by molar-refractivity contribution is 7.09. The fourth-order valence-electron chi connectivity index (χ4n) is 2.33. The third kappa shape index (κ3) is 3.23. The van der Waals surface area contributed by atoms with Crippen LogP contribution in [0.1, 0.15) is 17.7 Å². The van der Waals surface area contributed by atoms with E-state index in [4.69, 9.17) is 0 Å². The predicted octanol–water partition coefficient (Wildman–Crippen LogP) is 2.79. The Labute approximate surface area is 117 Å². The molecule has 1 fully saturated rings. The summed E-state index contributed by atoms with van der Waals surface area (Å²) in [4.78, 5) is 12.4. The Morgan fingerprint density at radius 2 is 2.16 bits per heavy atom. The summed E-state index contributed by atoms with van der Waals surface area (Å²) in [5.74, 6) is 1.97. The molecule has 2 aromatic rings. The lowest BCUT2D eigenvalue weighted by Gasteiger charge is -2.16. The molecule has 0 spiro atoms. The van der Waals surface area contributed by atoms with E-state index in [1.54, 1.807) is 17.7 Å². The van der Waals surface area contributed by atoms with E-state index in [9.17, 15) is 0 Å². The molecule has 100 valence electrons. The Morgan fingerprint density at radius 1 is 1.26 bits per heavy atom. The van der Waals surface area contributed by atoms with Crippen LogP contribution in [0.2, 0.25) is 0 Å². The maximum atomic E-state index is 4.36. The van der Waals surface area contributed by atoms with Gasteiger partial charge in [0.1, 0.15) is 18.0 Å². The molecule has 1 N–H and O–H groups in total. The fourth-order valence-corrected chi connectivity index (χ4v) is 3.04. The molecule has 2 aromatic heterocycles. The van der Waals surface area contributed by atoms with Crippen molar-refractivity contribution in [3.8, 4) is 0 Å². The zero-order chi connectivity index (χ0) is 12.9. The van der Waals surface area contributed by atoms with Gasteiger partial charge in [0.25, 0.3) is 0 Å². The minimum Gasteiger partial charge on any atom is -0.370 e. The second-order valence-electron chi connectivity index (χ2n) is 4.71. The summed E-state index contributed by atoms with van der Waals surface area (Å²) in [6.45, 7) is 3.15. The van der Waals surface area contributed by atoms with Gasteiger partial charge in [0.15, 0.2) is 0 Å². The molecule has 0 amide bonds. The summed E-state index contributed by atoms with van der Waals surface area (Å²) in [5, 5.41) is 5.49. The molecule has 0 bridgehead atoms. The monoisotopic (exact) mass is 274 g/mol. The minimum atomic E-state index is 0.914. The van der Waals surface area contributed by atoms with Crippen molar-refractivity contribution in [2.24, 2.45) is 0 Å². The van der Waals surface area contributed by atoms with Crippen LogP contribution in [0.4, 0.5) is 11.6 Å². The number of thiophene rings is 1. The van der Waals surface area contributed by atoms with E-state index < -0.39 is 0 Å². The molecule has 3 rings (SSSR count). The lowest BCUT2D eigenvalue weighted by atomic mass is 10.3. The smallest absolute Gasteiger partial charge is 0.134 e. The standard InChI is InChI=1S/C14H18N4S/c1-2-8-18(7-1)14-10-13(16-11-17-14)15-6-5-12-4-3-9-19-12/h3-4,9-11H,1-2,5-8H2,(H,15,16,17). The van der Waals surface area contributed by atoms with Crippen LogP contribution in [0, 0.1) is 0 Å². The molecule has 4 nitrogen and oxygen atoms in total. The molecule has 0 aromatic carbocycles. The predicted molar refractivity (Wildman–Crippen MR) is 80.0 cm³/mol. The van der Waals surface area contributed by atoms with Crippen LogP contribution in [0.3, 0.4) is 0 Å². The maximum Gasteiger partial charge on any atom is 0.134 e. The summed E-state index contributed by atoms with van der Waals surface area (Å²) < 4.78 is 0. The summed E-state index contributed by atoms with van der Waals surface area (Å²) in [6, 6.07) is 6.32. The van der Waals surface area contributed by atoms with Gasteiger partial charge in [-0.05, 0) is 30.7 Å². The number of aromatic nitrogens is 2. The molecule has 1 aliphatic heterocycles. The van der Waals surface area contributed by atoms with E-state index in [2.05, 4.69) is 43.8 Å². The first-order valence-electron chi connectivity index (χ1n) is 6.75. The van der Waals surface area contributed by atoms with Crippen LogP contribution in [0.5, 0.6) is 0 Å². The van der Waals surface area contributed by atoms with Crippen molar-refractivity contribution >= 4 is 23.0 Å². The topological polar surface area (TPSA) is 41.0 Å². The molecule has 5 heteroatoms. The van der Waals surface area contributed by atoms with Gasteiger partial charge in [-0.25, -0.2) is 9.97 Å². The highest BCUT2D eigenvalue weighted by atomic mass is 32.1. The first kappa shape index (κ1) is 12.4. The number of hydrogen-bond donors (Lipinski definition) is 1. The Hall–Kier alpha value is -1.62. The molecule has 0 saturated carbocycles. The van der Waals surface area contributed by atoms with E-state index in [1.165, 1.54) is 17.7 Å². The van der Waals surface area contributed by atoms with Crippen LogP contribution < -0.4 is 10.2 Å². The van der Waals surface area contributed by atoms with Crippen molar-refractivity contribution in [1.82, 2.24) is 9.97 Å². The number of rotatable bonds is 5. The van der Waals surface area contributed by atoms with Gasteiger partial charge in [0, 0.05) is 30.6 Å². The van der Waals surface area contributed by atoms with Crippen LogP contribution >= 0.6 is 11.3 Å². The average Bonchev–Trinajstić information content (AvgIpc) is 3.12. The minimum absolute atomic E-state index is 0.914. The molecule has 0 aliphatic carbocycles. The van der Waals surface area contributed by atoms with Crippen molar-refractivity contribution in [1.29, 1.82) is 0 Å². The number of hydrogen-bond acceptors (Lipinski definition) is 5. The van der Waals surface area contributed by atoms with E-state index in [1.807, 2.05) is 0 Å². The van der Waals surface area contributed by atoms with Crippen molar-refractivity contribution in [3.63, 3.8) is 0 Å². The molecule has 19 heavy (non-hydrogen) atoms. The third-order valence-electron chi connectivity index (χ3n) is 3.34. The summed E-state index contributed by atoms with van der Waals surface area (Å²) in [5.41, 5.74) is 0. The highest BCUT2D eigenvalue weighted by Crippen LogP contribution is 2.19. The first-order valence-corrected chi connectivity index (χ1v) is 7.63. The Morgan fingerprint density at radius 3 is 2.95 bits per heavy atom. The van der Waals surface area contributed by atoms with E-state index >= 15 is 0 Å². The highest BCUT2D eigenvalue weighted by Gasteiger charge is 2.13. The van der Waals surface area contributed by atoms with Gasteiger partial charge in [0.05, 0.1) is 0 Å². The molecule has 1 saturated heterocycles. The van der Waals surface area contributed by atoms with Crippen molar-refractivity contribution in [3.05, 3.63) is 34.8 Å². The number of nitrogens with one attached hydrogen (secondary N) is 1. The Balaban J connectivity index is 1.56. The SMILES string of the molecule is c1csc(CCNc2cc(N3CCCC3)ncn2)c1. The molecule has 3 heterocycles. The lowest BCUT2D eigenvalue weighted by molar-refractivity contribution is 0.924. The second kappa shape index (κ2) is 6.02. The van der Waals surface area contributed by atoms with E-state index in [0.717, 1.165) is 37.7 Å². The normalized spacial score (nSPS) is 14.8. The molecule has 0 unspecified atom stereocenters. The first-order chi connectivity index (χ1) is 9.42. The van der Waals surface area contributed by atoms with Gasteiger partial charge in [-0.3, -0.25) is 0 Å². The quantitative estimate of drug-likeness (QED) is 0.910. The zero-order valence-electron chi connectivity index (χ0n) is 10.9. The van der Waals surface area contributed by atoms with Crippen molar-refractivity contribution < 1.29 is 0 Å². The van der Waals surface area contributed by atoms with Crippen LogP contribution in [0.15, 0.2) is 29.9 Å². The number of nitrogens with zero attached hydrogens (tertiary/aromatic N) is 3. The molecule has 0 radical (unpaired) electrons. The zero-order valence-corrected chi connectivity index (χ0v) is 11.7. The van der Waals surface area contributed by atoms with Gasteiger partial charge < -0.3 is 10.2 Å². The molecule has 0 atom stereocenters. The number of anilines is 2. The van der Waals surface area contributed by atoms with Gasteiger partial charge in [-0.15, -0.1) is 11.3 Å². The fraction of sp³-hybridized carbons (Fsp3) is 0.429. The van der Waals surface area contributed by atoms with Crippen LogP contribution in [-0.4, -0.2) is 29.6 Å². The lowest BCUT2D eigenvalue weighted by Crippen LogP contribution is -2.19. The molecular weight excluding hydrogens is 256 g/mol. The maximum absolute atomic E-state index is 4.36. The summed E-state index contributed by atoms with van der Waals surface area (Å²) in [6.07, 6.45) is 5.23. The largest absolute Gasteiger partial charge is 0.370 e. The third-order valence-corrected chi connectivity index (χ3v) is 4.28. The van der Waals surface area contributed by atoms with Gasteiger partial charge in [-0.2, -0.15) is 0 Å². The molecule has 1 aliphatic rings. The summed E-state index contributed by atoms with van der Waals surface area (Å²) in [7, 11) is 0. The summed E-state index contributed by atoms with van der Waals surface area (Å²) >= 11 is 1.80. The average molecular weight is 274 g/mol.